The van der Waals surface area contributed by atoms with Gasteiger partial charge in [-0.3, -0.25) is 9.97 Å². The minimum Gasteiger partial charge on any atom is -0.264 e. The average Bonchev–Trinajstić information content (AvgIpc) is 3.08. The van der Waals surface area contributed by atoms with E-state index < -0.39 is 0 Å². The lowest BCUT2D eigenvalue weighted by molar-refractivity contribution is 1.26. The van der Waals surface area contributed by atoms with Gasteiger partial charge in [-0.25, -0.2) is 9.98 Å². The van der Waals surface area contributed by atoms with Gasteiger partial charge in [0.15, 0.2) is 0 Å². The number of nitrogens with zero attached hydrogens (tertiary/aromatic N) is 4. The van der Waals surface area contributed by atoms with E-state index in [9.17, 15) is 0 Å². The third kappa shape index (κ3) is 3.92. The lowest BCUT2D eigenvalue weighted by atomic mass is 9.94. The van der Waals surface area contributed by atoms with Crippen LogP contribution in [0.15, 0.2) is 156 Å². The predicted octanol–water partition coefficient (Wildman–Crippen LogP) is 9.74. The Balaban J connectivity index is 1.24. The van der Waals surface area contributed by atoms with Crippen molar-refractivity contribution in [1.29, 1.82) is 0 Å². The summed E-state index contributed by atoms with van der Waals surface area (Å²) < 4.78 is 0. The molecule has 0 N–H and O–H groups in total. The fourth-order valence-corrected chi connectivity index (χ4v) is 6.46. The SMILES string of the molecule is c1ccc2c(c1)ccc1cc(C3=Nc4ccncc4C(c4ccc5c(ccc6ccccc65)c4)=Nc4ccncc43)ccc12. The summed E-state index contributed by atoms with van der Waals surface area (Å²) >= 11 is 0. The fraction of sp³-hybridized carbons (Fsp3) is 0. The van der Waals surface area contributed by atoms with Crippen molar-refractivity contribution in [3.8, 4) is 0 Å². The van der Waals surface area contributed by atoms with Crippen LogP contribution in [0.3, 0.4) is 0 Å². The number of rotatable bonds is 2. The van der Waals surface area contributed by atoms with E-state index in [0.717, 1.165) is 45.1 Å². The van der Waals surface area contributed by atoms with Crippen molar-refractivity contribution in [1.82, 2.24) is 9.97 Å². The molecule has 204 valence electrons. The van der Waals surface area contributed by atoms with Crippen LogP contribution in [0.2, 0.25) is 0 Å². The summed E-state index contributed by atoms with van der Waals surface area (Å²) in [5.41, 5.74) is 7.12. The van der Waals surface area contributed by atoms with Crippen LogP contribution in [-0.4, -0.2) is 21.4 Å². The Hall–Kier alpha value is -6.00. The Morgan fingerprint density at radius 1 is 0.364 bits per heavy atom. The van der Waals surface area contributed by atoms with Crippen LogP contribution in [-0.2, 0) is 0 Å². The number of aromatic nitrogens is 2. The van der Waals surface area contributed by atoms with Crippen LogP contribution in [0.5, 0.6) is 0 Å². The molecule has 3 heterocycles. The van der Waals surface area contributed by atoms with E-state index >= 15 is 0 Å². The topological polar surface area (TPSA) is 50.5 Å². The first kappa shape index (κ1) is 24.6. The number of pyridine rings is 2. The van der Waals surface area contributed by atoms with Gasteiger partial charge >= 0.3 is 0 Å². The summed E-state index contributed by atoms with van der Waals surface area (Å²) in [6.07, 6.45) is 7.34. The fourth-order valence-electron chi connectivity index (χ4n) is 6.46. The van der Waals surface area contributed by atoms with E-state index in [4.69, 9.17) is 9.98 Å². The van der Waals surface area contributed by atoms with E-state index in [1.165, 1.54) is 43.1 Å². The van der Waals surface area contributed by atoms with Gasteiger partial charge < -0.3 is 0 Å². The van der Waals surface area contributed by atoms with Crippen LogP contribution >= 0.6 is 0 Å². The van der Waals surface area contributed by atoms with Crippen LogP contribution in [0.25, 0.3) is 43.1 Å². The highest BCUT2D eigenvalue weighted by Gasteiger charge is 2.21. The van der Waals surface area contributed by atoms with E-state index in [1.807, 2.05) is 24.5 Å². The van der Waals surface area contributed by atoms with Gasteiger partial charge in [-0.1, -0.05) is 97.1 Å². The molecule has 0 saturated carbocycles. The molecule has 9 rings (SSSR count). The summed E-state index contributed by atoms with van der Waals surface area (Å²) in [5.74, 6) is 0. The van der Waals surface area contributed by atoms with E-state index in [2.05, 4.69) is 119 Å². The maximum atomic E-state index is 5.31. The summed E-state index contributed by atoms with van der Waals surface area (Å²) in [7, 11) is 0. The molecule has 0 atom stereocenters. The molecule has 0 unspecified atom stereocenters. The van der Waals surface area contributed by atoms with Gasteiger partial charge in [0.1, 0.15) is 0 Å². The van der Waals surface area contributed by atoms with Crippen molar-refractivity contribution in [2.45, 2.75) is 0 Å². The molecule has 0 bridgehead atoms. The molecule has 0 fully saturated rings. The summed E-state index contributed by atoms with van der Waals surface area (Å²) in [6.45, 7) is 0. The van der Waals surface area contributed by atoms with Crippen molar-refractivity contribution in [3.05, 3.63) is 168 Å². The molecule has 1 aliphatic rings. The molecule has 8 aromatic rings. The van der Waals surface area contributed by atoms with E-state index in [1.54, 1.807) is 12.4 Å². The maximum absolute atomic E-state index is 5.31. The molecular formula is C40H24N4. The Morgan fingerprint density at radius 3 is 1.30 bits per heavy atom. The van der Waals surface area contributed by atoms with Crippen LogP contribution in [0.1, 0.15) is 22.3 Å². The quantitative estimate of drug-likeness (QED) is 0.198. The molecule has 0 spiro atoms. The zero-order valence-electron chi connectivity index (χ0n) is 23.6. The highest BCUT2D eigenvalue weighted by Crippen LogP contribution is 2.35. The van der Waals surface area contributed by atoms with Crippen molar-refractivity contribution < 1.29 is 0 Å². The zero-order valence-corrected chi connectivity index (χ0v) is 23.6. The van der Waals surface area contributed by atoms with Crippen molar-refractivity contribution in [2.24, 2.45) is 9.98 Å². The van der Waals surface area contributed by atoms with Gasteiger partial charge in [0.05, 0.1) is 22.8 Å². The van der Waals surface area contributed by atoms with Crippen LogP contribution in [0.4, 0.5) is 11.4 Å². The molecule has 0 amide bonds. The maximum Gasteiger partial charge on any atom is 0.0819 e. The normalized spacial score (nSPS) is 12.8. The highest BCUT2D eigenvalue weighted by molar-refractivity contribution is 6.24. The molecule has 4 heteroatoms. The Kier molecular flexibility index (Phi) is 5.47. The van der Waals surface area contributed by atoms with Gasteiger partial charge in [0.25, 0.3) is 0 Å². The first-order valence-corrected chi connectivity index (χ1v) is 14.7. The lowest BCUT2D eigenvalue weighted by Gasteiger charge is -2.18. The molecule has 4 nitrogen and oxygen atoms in total. The molecular weight excluding hydrogens is 536 g/mol. The zero-order chi connectivity index (χ0) is 29.0. The van der Waals surface area contributed by atoms with E-state index in [-0.39, 0.29) is 0 Å². The predicted molar refractivity (Wildman–Crippen MR) is 182 cm³/mol. The van der Waals surface area contributed by atoms with Gasteiger partial charge in [-0.15, -0.1) is 0 Å². The standard InChI is InChI=1S/C40H24N4/c1-3-7-31-25(5-1)9-11-27-21-29(13-15-33(27)31)39-35-23-41-19-17-37(35)44-40(36-24-42-20-18-38(36)43-39)30-14-16-34-28(22-30)12-10-26-6-2-4-8-32(26)34/h1-24H. The Labute approximate surface area is 253 Å². The van der Waals surface area contributed by atoms with Gasteiger partial charge in [0, 0.05) is 47.0 Å². The second-order valence-corrected chi connectivity index (χ2v) is 11.2. The molecule has 2 aromatic heterocycles. The monoisotopic (exact) mass is 560 g/mol. The van der Waals surface area contributed by atoms with E-state index in [0.29, 0.717) is 0 Å². The number of hydrogen-bond acceptors (Lipinski definition) is 4. The minimum atomic E-state index is 0.820. The Bertz CT molecular complexity index is 2330. The van der Waals surface area contributed by atoms with Gasteiger partial charge in [0.2, 0.25) is 0 Å². The molecule has 6 aromatic carbocycles. The summed E-state index contributed by atoms with van der Waals surface area (Å²) in [4.78, 5) is 19.7. The largest absolute Gasteiger partial charge is 0.264 e. The number of fused-ring (bicyclic) bond motifs is 8. The Morgan fingerprint density at radius 2 is 0.795 bits per heavy atom. The van der Waals surface area contributed by atoms with Crippen LogP contribution < -0.4 is 0 Å². The molecule has 0 aliphatic carbocycles. The number of hydrogen-bond donors (Lipinski definition) is 0. The van der Waals surface area contributed by atoms with Gasteiger partial charge in [-0.05, 0) is 67.4 Å². The number of benzene rings is 6. The first-order valence-electron chi connectivity index (χ1n) is 14.7. The second kappa shape index (κ2) is 9.79. The number of aliphatic imine (C=N–C) groups is 2. The second-order valence-electron chi connectivity index (χ2n) is 11.2. The minimum absolute atomic E-state index is 0.820. The summed E-state index contributed by atoms with van der Waals surface area (Å²) in [6, 6.07) is 42.8. The first-order chi connectivity index (χ1) is 21.8. The lowest BCUT2D eigenvalue weighted by Crippen LogP contribution is -2.11. The molecule has 44 heavy (non-hydrogen) atoms. The third-order valence-corrected chi connectivity index (χ3v) is 8.61. The van der Waals surface area contributed by atoms with Crippen molar-refractivity contribution >= 4 is 65.9 Å². The third-order valence-electron chi connectivity index (χ3n) is 8.61. The average molecular weight is 561 g/mol. The smallest absolute Gasteiger partial charge is 0.0819 e. The van der Waals surface area contributed by atoms with Crippen molar-refractivity contribution in [3.63, 3.8) is 0 Å². The summed E-state index contributed by atoms with van der Waals surface area (Å²) in [5, 5.41) is 9.72. The highest BCUT2D eigenvalue weighted by atomic mass is 14.9. The molecule has 0 radical (unpaired) electrons. The van der Waals surface area contributed by atoms with Gasteiger partial charge in [-0.2, -0.15) is 0 Å². The van der Waals surface area contributed by atoms with Crippen LogP contribution in [0, 0.1) is 0 Å². The molecule has 0 saturated heterocycles. The van der Waals surface area contributed by atoms with Crippen molar-refractivity contribution in [2.75, 3.05) is 0 Å². The molecule has 1 aliphatic heterocycles.